The van der Waals surface area contributed by atoms with Gasteiger partial charge in [-0.15, -0.1) is 0 Å². The number of fused-ring (bicyclic) bond motifs is 1. The number of nitrogens with one attached hydrogen (secondary N) is 2. The molecule has 1 aromatic carbocycles. The lowest BCUT2D eigenvalue weighted by Gasteiger charge is -2.20. The fourth-order valence-electron chi connectivity index (χ4n) is 2.84. The van der Waals surface area contributed by atoms with Crippen molar-refractivity contribution in [1.29, 1.82) is 0 Å². The van der Waals surface area contributed by atoms with Gasteiger partial charge in [-0.05, 0) is 32.4 Å². The minimum absolute atomic E-state index is 0.0183. The number of nitrogen functional groups attached to an aromatic ring is 1. The van der Waals surface area contributed by atoms with Crippen molar-refractivity contribution in [3.8, 4) is 5.69 Å². The van der Waals surface area contributed by atoms with E-state index in [-0.39, 0.29) is 23.0 Å². The van der Waals surface area contributed by atoms with E-state index in [4.69, 9.17) is 5.73 Å². The zero-order valence-corrected chi connectivity index (χ0v) is 13.6. The van der Waals surface area contributed by atoms with Crippen LogP contribution in [0, 0.1) is 6.92 Å². The SMILES string of the molecule is Cc1cccc(-n2c(N)c3c(cc2=O)C(=O)NC3=O)c1NC(C)C. The summed E-state index contributed by atoms with van der Waals surface area (Å²) >= 11 is 0. The van der Waals surface area contributed by atoms with Gasteiger partial charge in [-0.3, -0.25) is 24.3 Å². The quantitative estimate of drug-likeness (QED) is 0.740. The van der Waals surface area contributed by atoms with Gasteiger partial charge in [0.15, 0.2) is 0 Å². The van der Waals surface area contributed by atoms with Crippen LogP contribution < -0.4 is 21.9 Å². The topological polar surface area (TPSA) is 106 Å². The highest BCUT2D eigenvalue weighted by atomic mass is 16.2. The summed E-state index contributed by atoms with van der Waals surface area (Å²) in [6.07, 6.45) is 0. The van der Waals surface area contributed by atoms with Crippen LogP contribution in [-0.2, 0) is 0 Å². The number of hydrogen-bond acceptors (Lipinski definition) is 5. The molecule has 0 aliphatic carbocycles. The molecule has 3 rings (SSSR count). The number of pyridine rings is 1. The van der Waals surface area contributed by atoms with Gasteiger partial charge in [-0.1, -0.05) is 12.1 Å². The number of benzene rings is 1. The highest BCUT2D eigenvalue weighted by Gasteiger charge is 2.32. The Bertz CT molecular complexity index is 928. The van der Waals surface area contributed by atoms with Gasteiger partial charge in [0.2, 0.25) is 0 Å². The number of anilines is 2. The molecule has 1 aromatic heterocycles. The molecule has 0 bridgehead atoms. The lowest BCUT2D eigenvalue weighted by atomic mass is 10.1. The third-order valence-corrected chi connectivity index (χ3v) is 3.88. The Morgan fingerprint density at radius 2 is 1.88 bits per heavy atom. The number of aromatic nitrogens is 1. The maximum Gasteiger partial charge on any atom is 0.262 e. The molecule has 7 nitrogen and oxygen atoms in total. The van der Waals surface area contributed by atoms with Crippen molar-refractivity contribution in [3.05, 3.63) is 51.3 Å². The van der Waals surface area contributed by atoms with Crippen LogP contribution in [0.4, 0.5) is 11.5 Å². The van der Waals surface area contributed by atoms with Gasteiger partial charge in [0.1, 0.15) is 5.82 Å². The van der Waals surface area contributed by atoms with Crippen LogP contribution in [0.1, 0.15) is 40.1 Å². The first-order valence-corrected chi connectivity index (χ1v) is 7.59. The second kappa shape index (κ2) is 5.52. The normalized spacial score (nSPS) is 13.2. The van der Waals surface area contributed by atoms with Gasteiger partial charge < -0.3 is 11.1 Å². The largest absolute Gasteiger partial charge is 0.384 e. The fraction of sp³-hybridized carbons (Fsp3) is 0.235. The van der Waals surface area contributed by atoms with E-state index in [9.17, 15) is 14.4 Å². The molecule has 7 heteroatoms. The zero-order chi connectivity index (χ0) is 17.6. The van der Waals surface area contributed by atoms with E-state index in [1.54, 1.807) is 12.1 Å². The van der Waals surface area contributed by atoms with E-state index in [0.717, 1.165) is 17.3 Å². The van der Waals surface area contributed by atoms with Crippen LogP contribution in [-0.4, -0.2) is 22.4 Å². The van der Waals surface area contributed by atoms with Crippen molar-refractivity contribution in [2.45, 2.75) is 26.8 Å². The molecule has 0 atom stereocenters. The molecule has 0 spiro atoms. The van der Waals surface area contributed by atoms with E-state index in [0.29, 0.717) is 5.69 Å². The van der Waals surface area contributed by atoms with Crippen molar-refractivity contribution in [3.63, 3.8) is 0 Å². The molecule has 0 radical (unpaired) electrons. The molecule has 2 amide bonds. The Morgan fingerprint density at radius 3 is 2.54 bits per heavy atom. The summed E-state index contributed by atoms with van der Waals surface area (Å²) in [5.74, 6) is -1.23. The molecule has 2 heterocycles. The monoisotopic (exact) mass is 326 g/mol. The number of para-hydroxylation sites is 1. The standard InChI is InChI=1S/C17H18N4O3/c1-8(2)19-14-9(3)5-4-6-11(14)21-12(22)7-10-13(15(21)18)17(24)20-16(10)23/h4-8,19H,18H2,1-3H3,(H,20,23,24). The summed E-state index contributed by atoms with van der Waals surface area (Å²) < 4.78 is 1.26. The number of aryl methyl sites for hydroxylation is 1. The Labute approximate surface area is 138 Å². The molecule has 24 heavy (non-hydrogen) atoms. The van der Waals surface area contributed by atoms with Crippen molar-refractivity contribution < 1.29 is 9.59 Å². The second-order valence-corrected chi connectivity index (χ2v) is 6.04. The van der Waals surface area contributed by atoms with Crippen LogP contribution >= 0.6 is 0 Å². The zero-order valence-electron chi connectivity index (χ0n) is 13.6. The molecule has 0 fully saturated rings. The average molecular weight is 326 g/mol. The molecule has 0 unspecified atom stereocenters. The van der Waals surface area contributed by atoms with Crippen LogP contribution in [0.5, 0.6) is 0 Å². The van der Waals surface area contributed by atoms with E-state index in [1.165, 1.54) is 4.57 Å². The van der Waals surface area contributed by atoms with Crippen molar-refractivity contribution in [1.82, 2.24) is 9.88 Å². The van der Waals surface area contributed by atoms with Gasteiger partial charge in [0.05, 0.1) is 22.5 Å². The minimum Gasteiger partial charge on any atom is -0.384 e. The molecule has 1 aliphatic heterocycles. The highest BCUT2D eigenvalue weighted by molar-refractivity contribution is 6.23. The van der Waals surface area contributed by atoms with E-state index < -0.39 is 17.4 Å². The molecule has 124 valence electrons. The van der Waals surface area contributed by atoms with Crippen LogP contribution in [0.3, 0.4) is 0 Å². The van der Waals surface area contributed by atoms with Crippen molar-refractivity contribution in [2.75, 3.05) is 11.1 Å². The first-order chi connectivity index (χ1) is 11.3. The van der Waals surface area contributed by atoms with Crippen LogP contribution in [0.15, 0.2) is 29.1 Å². The first-order valence-electron chi connectivity index (χ1n) is 7.59. The summed E-state index contributed by atoms with van der Waals surface area (Å²) in [7, 11) is 0. The maximum atomic E-state index is 12.6. The molecular weight excluding hydrogens is 308 g/mol. The number of nitrogens with zero attached hydrogens (tertiary/aromatic N) is 1. The number of rotatable bonds is 3. The molecule has 0 saturated carbocycles. The molecule has 4 N–H and O–H groups in total. The van der Waals surface area contributed by atoms with E-state index in [2.05, 4.69) is 10.6 Å². The van der Waals surface area contributed by atoms with E-state index >= 15 is 0 Å². The predicted molar refractivity (Wildman–Crippen MR) is 91.7 cm³/mol. The maximum absolute atomic E-state index is 12.6. The van der Waals surface area contributed by atoms with Crippen LogP contribution in [0.2, 0.25) is 0 Å². The number of carbonyl (C=O) groups is 2. The van der Waals surface area contributed by atoms with Gasteiger partial charge in [0, 0.05) is 12.1 Å². The van der Waals surface area contributed by atoms with Gasteiger partial charge >= 0.3 is 0 Å². The number of nitrogens with two attached hydrogens (primary N) is 1. The third-order valence-electron chi connectivity index (χ3n) is 3.88. The summed E-state index contributed by atoms with van der Waals surface area (Å²) in [5.41, 5.74) is 7.92. The third kappa shape index (κ3) is 2.34. The van der Waals surface area contributed by atoms with Gasteiger partial charge in [-0.2, -0.15) is 0 Å². The summed E-state index contributed by atoms with van der Waals surface area (Å²) in [6.45, 7) is 5.88. The minimum atomic E-state index is -0.601. The van der Waals surface area contributed by atoms with Crippen molar-refractivity contribution >= 4 is 23.3 Å². The predicted octanol–water partition coefficient (Wildman–Crippen LogP) is 1.43. The summed E-state index contributed by atoms with van der Waals surface area (Å²) in [6, 6.07) is 6.75. The number of amides is 2. The molecule has 2 aromatic rings. The Balaban J connectivity index is 2.32. The lowest BCUT2D eigenvalue weighted by molar-refractivity contribution is 0.0880. The lowest BCUT2D eigenvalue weighted by Crippen LogP contribution is -2.25. The number of carbonyl (C=O) groups excluding carboxylic acids is 2. The molecule has 1 aliphatic rings. The average Bonchev–Trinajstić information content (AvgIpc) is 2.76. The van der Waals surface area contributed by atoms with E-state index in [1.807, 2.05) is 26.8 Å². The smallest absolute Gasteiger partial charge is 0.262 e. The van der Waals surface area contributed by atoms with Gasteiger partial charge in [-0.25, -0.2) is 0 Å². The number of imide groups is 1. The fourth-order valence-corrected chi connectivity index (χ4v) is 2.84. The van der Waals surface area contributed by atoms with Crippen LogP contribution in [0.25, 0.3) is 5.69 Å². The molecule has 0 saturated heterocycles. The summed E-state index contributed by atoms with van der Waals surface area (Å²) in [4.78, 5) is 36.3. The first kappa shape index (κ1) is 15.8. The molecular formula is C17H18N4O3. The Morgan fingerprint density at radius 1 is 1.17 bits per heavy atom. The summed E-state index contributed by atoms with van der Waals surface area (Å²) in [5, 5.41) is 5.46. The Hall–Kier alpha value is -3.09. The Kier molecular flexibility index (Phi) is 3.63. The second-order valence-electron chi connectivity index (χ2n) is 6.04. The highest BCUT2D eigenvalue weighted by Crippen LogP contribution is 2.29. The van der Waals surface area contributed by atoms with Crippen molar-refractivity contribution in [2.24, 2.45) is 0 Å². The van der Waals surface area contributed by atoms with Gasteiger partial charge in [0.25, 0.3) is 17.4 Å². The number of hydrogen-bond donors (Lipinski definition) is 3.